The number of carbonyl (C=O) groups excluding carboxylic acids is 1. The van der Waals surface area contributed by atoms with Gasteiger partial charge in [-0.25, -0.2) is 0 Å². The van der Waals surface area contributed by atoms with Crippen molar-refractivity contribution in [3.8, 4) is 0 Å². The average Bonchev–Trinajstić information content (AvgIpc) is 3.02. The molecule has 0 radical (unpaired) electrons. The number of rotatable bonds is 2. The fraction of sp³-hybridized carbons (Fsp3) is 0.400. The Kier molecular flexibility index (Phi) is 3.07. The number of fused-ring (bicyclic) bond motifs is 1. The molecule has 0 bridgehead atoms. The maximum atomic E-state index is 12.5. The first kappa shape index (κ1) is 12.6. The monoisotopic (exact) mass is 274 g/mol. The van der Waals surface area contributed by atoms with Crippen LogP contribution in [0, 0.1) is 5.41 Å². The maximum Gasteiger partial charge on any atom is 0.263 e. The molecule has 100 valence electrons. The van der Waals surface area contributed by atoms with E-state index in [-0.39, 0.29) is 11.3 Å². The van der Waals surface area contributed by atoms with Crippen LogP contribution in [0.1, 0.15) is 23.0 Å². The van der Waals surface area contributed by atoms with Crippen LogP contribution in [-0.2, 0) is 0 Å². The Morgan fingerprint density at radius 2 is 2.26 bits per heavy atom. The summed E-state index contributed by atoms with van der Waals surface area (Å²) in [7, 11) is 0. The first-order valence-corrected chi connectivity index (χ1v) is 7.41. The first-order valence-electron chi connectivity index (χ1n) is 6.59. The third-order valence-electron chi connectivity index (χ3n) is 3.97. The molecule has 1 aliphatic rings. The molecule has 19 heavy (non-hydrogen) atoms. The molecule has 1 unspecified atom stereocenters. The summed E-state index contributed by atoms with van der Waals surface area (Å²) < 4.78 is 1.17. The van der Waals surface area contributed by atoms with E-state index in [9.17, 15) is 4.79 Å². The van der Waals surface area contributed by atoms with Crippen molar-refractivity contribution < 1.29 is 4.79 Å². The van der Waals surface area contributed by atoms with Gasteiger partial charge in [-0.15, -0.1) is 11.3 Å². The molecule has 1 aromatic heterocycles. The van der Waals surface area contributed by atoms with Gasteiger partial charge >= 0.3 is 0 Å². The quantitative estimate of drug-likeness (QED) is 0.915. The molecular weight excluding hydrogens is 256 g/mol. The normalized spacial score (nSPS) is 23.2. The second kappa shape index (κ2) is 4.62. The van der Waals surface area contributed by atoms with Crippen molar-refractivity contribution in [2.75, 3.05) is 19.6 Å². The van der Waals surface area contributed by atoms with Gasteiger partial charge in [-0.2, -0.15) is 0 Å². The predicted octanol–water partition coefficient (Wildman–Crippen LogP) is 2.71. The van der Waals surface area contributed by atoms with Gasteiger partial charge in [0, 0.05) is 17.8 Å². The van der Waals surface area contributed by atoms with Crippen LogP contribution in [0.5, 0.6) is 0 Å². The zero-order valence-electron chi connectivity index (χ0n) is 11.1. The highest BCUT2D eigenvalue weighted by Gasteiger charge is 2.35. The van der Waals surface area contributed by atoms with Crippen molar-refractivity contribution in [3.05, 3.63) is 35.2 Å². The van der Waals surface area contributed by atoms with E-state index >= 15 is 0 Å². The van der Waals surface area contributed by atoms with Crippen molar-refractivity contribution in [1.29, 1.82) is 0 Å². The number of hydrogen-bond donors (Lipinski definition) is 1. The van der Waals surface area contributed by atoms with E-state index in [0.717, 1.165) is 29.8 Å². The summed E-state index contributed by atoms with van der Waals surface area (Å²) in [6.07, 6.45) is 1.00. The fourth-order valence-electron chi connectivity index (χ4n) is 2.61. The summed E-state index contributed by atoms with van der Waals surface area (Å²) in [5.41, 5.74) is 5.88. The van der Waals surface area contributed by atoms with Gasteiger partial charge in [0.1, 0.15) is 0 Å². The summed E-state index contributed by atoms with van der Waals surface area (Å²) >= 11 is 1.58. The summed E-state index contributed by atoms with van der Waals surface area (Å²) in [6, 6.07) is 10.1. The molecule has 0 spiro atoms. The maximum absolute atomic E-state index is 12.5. The number of amides is 1. The number of hydrogen-bond acceptors (Lipinski definition) is 3. The molecule has 3 nitrogen and oxygen atoms in total. The van der Waals surface area contributed by atoms with E-state index in [1.165, 1.54) is 4.70 Å². The van der Waals surface area contributed by atoms with Gasteiger partial charge in [-0.3, -0.25) is 4.79 Å². The van der Waals surface area contributed by atoms with Crippen LogP contribution in [-0.4, -0.2) is 30.4 Å². The second-order valence-corrected chi connectivity index (χ2v) is 6.72. The summed E-state index contributed by atoms with van der Waals surface area (Å²) in [4.78, 5) is 15.3. The Balaban J connectivity index is 1.84. The van der Waals surface area contributed by atoms with Crippen molar-refractivity contribution in [1.82, 2.24) is 4.90 Å². The van der Waals surface area contributed by atoms with Crippen molar-refractivity contribution in [3.63, 3.8) is 0 Å². The molecular formula is C15H18N2OS. The first-order chi connectivity index (χ1) is 9.11. The minimum Gasteiger partial charge on any atom is -0.337 e. The van der Waals surface area contributed by atoms with Crippen LogP contribution in [0.25, 0.3) is 10.1 Å². The molecule has 1 amide bonds. The van der Waals surface area contributed by atoms with Gasteiger partial charge in [0.15, 0.2) is 0 Å². The third-order valence-corrected chi connectivity index (χ3v) is 5.08. The third kappa shape index (κ3) is 2.26. The zero-order valence-corrected chi connectivity index (χ0v) is 11.9. The van der Waals surface area contributed by atoms with E-state index in [1.807, 2.05) is 23.1 Å². The molecule has 0 aliphatic carbocycles. The standard InChI is InChI=1S/C15H18N2OS/c1-15(9-16)6-7-17(10-15)14(18)13-8-11-4-2-3-5-12(11)19-13/h2-5,8H,6-7,9-10,16H2,1H3. The van der Waals surface area contributed by atoms with E-state index in [4.69, 9.17) is 5.73 Å². The molecule has 1 aliphatic heterocycles. The van der Waals surface area contributed by atoms with Gasteiger partial charge in [-0.1, -0.05) is 25.1 Å². The van der Waals surface area contributed by atoms with Gasteiger partial charge in [0.2, 0.25) is 0 Å². The molecule has 1 atom stereocenters. The van der Waals surface area contributed by atoms with E-state index in [0.29, 0.717) is 6.54 Å². The Morgan fingerprint density at radius 1 is 1.47 bits per heavy atom. The smallest absolute Gasteiger partial charge is 0.263 e. The van der Waals surface area contributed by atoms with Gasteiger partial charge < -0.3 is 10.6 Å². The lowest BCUT2D eigenvalue weighted by molar-refractivity contribution is 0.0782. The number of likely N-dealkylation sites (tertiary alicyclic amines) is 1. The molecule has 2 aromatic rings. The highest BCUT2D eigenvalue weighted by molar-refractivity contribution is 7.20. The van der Waals surface area contributed by atoms with Crippen LogP contribution in [0.3, 0.4) is 0 Å². The largest absolute Gasteiger partial charge is 0.337 e. The van der Waals surface area contributed by atoms with Crippen LogP contribution >= 0.6 is 11.3 Å². The molecule has 2 N–H and O–H groups in total. The van der Waals surface area contributed by atoms with Crippen LogP contribution in [0.2, 0.25) is 0 Å². The lowest BCUT2D eigenvalue weighted by atomic mass is 9.90. The topological polar surface area (TPSA) is 46.3 Å². The summed E-state index contributed by atoms with van der Waals surface area (Å²) in [5, 5.41) is 1.15. The summed E-state index contributed by atoms with van der Waals surface area (Å²) in [6.45, 7) is 4.39. The van der Waals surface area contributed by atoms with E-state index < -0.39 is 0 Å². The molecule has 1 saturated heterocycles. The van der Waals surface area contributed by atoms with Crippen molar-refractivity contribution in [2.45, 2.75) is 13.3 Å². The SMILES string of the molecule is CC1(CN)CCN(C(=O)c2cc3ccccc3s2)C1. The fourth-order valence-corrected chi connectivity index (χ4v) is 3.64. The molecule has 0 saturated carbocycles. The number of carbonyl (C=O) groups is 1. The molecule has 4 heteroatoms. The highest BCUT2D eigenvalue weighted by Crippen LogP contribution is 2.32. The average molecular weight is 274 g/mol. The number of thiophene rings is 1. The Hall–Kier alpha value is -1.39. The molecule has 3 rings (SSSR count). The minimum atomic E-state index is 0.0896. The van der Waals surface area contributed by atoms with Gasteiger partial charge in [0.25, 0.3) is 5.91 Å². The van der Waals surface area contributed by atoms with E-state index in [1.54, 1.807) is 11.3 Å². The molecule has 2 heterocycles. The van der Waals surface area contributed by atoms with Crippen LogP contribution in [0.15, 0.2) is 30.3 Å². The Labute approximate surface area is 117 Å². The molecule has 1 aromatic carbocycles. The highest BCUT2D eigenvalue weighted by atomic mass is 32.1. The zero-order chi connectivity index (χ0) is 13.5. The lowest BCUT2D eigenvalue weighted by Crippen LogP contribution is -2.34. The Bertz CT molecular complexity index is 588. The summed E-state index contributed by atoms with van der Waals surface area (Å²) in [5.74, 6) is 0.151. The lowest BCUT2D eigenvalue weighted by Gasteiger charge is -2.22. The van der Waals surface area contributed by atoms with E-state index in [2.05, 4.69) is 19.1 Å². The predicted molar refractivity (Wildman–Crippen MR) is 79.5 cm³/mol. The van der Waals surface area contributed by atoms with Crippen molar-refractivity contribution >= 4 is 27.3 Å². The molecule has 1 fully saturated rings. The van der Waals surface area contributed by atoms with Gasteiger partial charge in [0.05, 0.1) is 4.88 Å². The number of nitrogens with two attached hydrogens (primary N) is 1. The van der Waals surface area contributed by atoms with Crippen LogP contribution < -0.4 is 5.73 Å². The van der Waals surface area contributed by atoms with Gasteiger partial charge in [-0.05, 0) is 35.9 Å². The second-order valence-electron chi connectivity index (χ2n) is 5.64. The number of nitrogens with zero attached hydrogens (tertiary/aromatic N) is 1. The minimum absolute atomic E-state index is 0.0896. The van der Waals surface area contributed by atoms with Crippen LogP contribution in [0.4, 0.5) is 0 Å². The Morgan fingerprint density at radius 3 is 2.95 bits per heavy atom. The van der Waals surface area contributed by atoms with Crippen molar-refractivity contribution in [2.24, 2.45) is 11.1 Å². The number of benzene rings is 1.